The molecule has 1 fully saturated rings. The van der Waals surface area contributed by atoms with Crippen LogP contribution in [0.5, 0.6) is 5.88 Å². The Kier molecular flexibility index (Phi) is 7.66. The second kappa shape index (κ2) is 11.4. The number of likely N-dealkylation sites (tertiary alicyclic amines) is 1. The van der Waals surface area contributed by atoms with Gasteiger partial charge in [0, 0.05) is 35.1 Å². The Morgan fingerprint density at radius 3 is 2.49 bits per heavy atom. The number of carbonyl (C=O) groups is 1. The number of aliphatic imine (C=N–C) groups is 1. The molecule has 1 saturated heterocycles. The first kappa shape index (κ1) is 24.8. The highest BCUT2D eigenvalue weighted by Gasteiger charge is 2.20. The zero-order chi connectivity index (χ0) is 25.6. The average Bonchev–Trinajstić information content (AvgIpc) is 3.55. The van der Waals surface area contributed by atoms with Gasteiger partial charge in [-0.15, -0.1) is 0 Å². The maximum atomic E-state index is 12.8. The van der Waals surface area contributed by atoms with E-state index in [-0.39, 0.29) is 11.8 Å². The molecule has 190 valence electrons. The van der Waals surface area contributed by atoms with E-state index in [4.69, 9.17) is 4.99 Å². The van der Waals surface area contributed by atoms with Crippen LogP contribution in [0.1, 0.15) is 59.7 Å². The van der Waals surface area contributed by atoms with E-state index in [9.17, 15) is 9.90 Å². The summed E-state index contributed by atoms with van der Waals surface area (Å²) in [7, 11) is 0. The van der Waals surface area contributed by atoms with E-state index in [1.807, 2.05) is 54.6 Å². The van der Waals surface area contributed by atoms with Crippen LogP contribution in [-0.4, -0.2) is 46.2 Å². The molecular formula is C31H34N4O2. The lowest BCUT2D eigenvalue weighted by molar-refractivity contribution is 0.0953. The summed E-state index contributed by atoms with van der Waals surface area (Å²) < 4.78 is 0. The number of H-pyrrole nitrogens is 1. The van der Waals surface area contributed by atoms with E-state index < -0.39 is 0 Å². The van der Waals surface area contributed by atoms with Crippen LogP contribution in [0.25, 0.3) is 10.9 Å². The lowest BCUT2D eigenvalue weighted by Crippen LogP contribution is -2.24. The van der Waals surface area contributed by atoms with Gasteiger partial charge >= 0.3 is 0 Å². The molecule has 0 bridgehead atoms. The van der Waals surface area contributed by atoms with E-state index in [0.717, 1.165) is 54.6 Å². The number of nitrogens with one attached hydrogen (secondary N) is 2. The molecule has 5 rings (SSSR count). The van der Waals surface area contributed by atoms with Gasteiger partial charge in [0.2, 0.25) is 0 Å². The molecule has 1 aromatic heterocycles. The zero-order valence-corrected chi connectivity index (χ0v) is 21.3. The lowest BCUT2D eigenvalue weighted by Gasteiger charge is -2.14. The number of carbonyl (C=O) groups excluding carboxylic acids is 1. The predicted molar refractivity (Wildman–Crippen MR) is 150 cm³/mol. The molecule has 0 spiro atoms. The number of aromatic hydroxyl groups is 1. The first-order valence-corrected chi connectivity index (χ1v) is 13.2. The number of aromatic amines is 1. The maximum Gasteiger partial charge on any atom is 0.251 e. The summed E-state index contributed by atoms with van der Waals surface area (Å²) in [5.41, 5.74) is 5.52. The molecule has 0 radical (unpaired) electrons. The van der Waals surface area contributed by atoms with Crippen LogP contribution < -0.4 is 5.32 Å². The highest BCUT2D eigenvalue weighted by molar-refractivity contribution is 6.22. The van der Waals surface area contributed by atoms with E-state index >= 15 is 0 Å². The molecule has 0 saturated carbocycles. The van der Waals surface area contributed by atoms with Crippen LogP contribution in [-0.2, 0) is 6.54 Å². The fourth-order valence-corrected chi connectivity index (χ4v) is 4.90. The number of rotatable bonds is 9. The third-order valence-corrected chi connectivity index (χ3v) is 6.92. The van der Waals surface area contributed by atoms with E-state index in [2.05, 4.69) is 34.3 Å². The average molecular weight is 495 g/mol. The van der Waals surface area contributed by atoms with Crippen molar-refractivity contribution in [1.82, 2.24) is 15.2 Å². The molecule has 3 N–H and O–H groups in total. The minimum Gasteiger partial charge on any atom is -0.494 e. The van der Waals surface area contributed by atoms with E-state index in [1.54, 1.807) is 6.07 Å². The summed E-state index contributed by atoms with van der Waals surface area (Å²) in [6.07, 6.45) is 4.51. The Balaban J connectivity index is 1.53. The molecule has 6 nitrogen and oxygen atoms in total. The fourth-order valence-electron chi connectivity index (χ4n) is 4.90. The zero-order valence-electron chi connectivity index (χ0n) is 21.3. The van der Waals surface area contributed by atoms with Crippen LogP contribution in [0, 0.1) is 0 Å². The van der Waals surface area contributed by atoms with E-state index in [1.165, 1.54) is 18.4 Å². The number of benzene rings is 3. The topological polar surface area (TPSA) is 80.7 Å². The Labute approximate surface area is 218 Å². The van der Waals surface area contributed by atoms with Gasteiger partial charge in [-0.3, -0.25) is 9.69 Å². The molecule has 0 unspecified atom stereocenters. The monoisotopic (exact) mass is 494 g/mol. The number of aromatic nitrogens is 1. The third kappa shape index (κ3) is 5.75. The van der Waals surface area contributed by atoms with Crippen LogP contribution in [0.2, 0.25) is 0 Å². The SMILES string of the molecule is CCCCNC(=O)c1ccc2[nH]c(O)c(C(=Nc3ccc(CN4CCCC4)cc3)c3ccccc3)c2c1. The minimum atomic E-state index is -0.117. The molecule has 4 aromatic rings. The number of amides is 1. The summed E-state index contributed by atoms with van der Waals surface area (Å²) in [6.45, 7) is 6.02. The molecule has 0 aliphatic carbocycles. The van der Waals surface area contributed by atoms with Crippen molar-refractivity contribution in [3.05, 3.63) is 95.1 Å². The van der Waals surface area contributed by atoms with Gasteiger partial charge in [0.15, 0.2) is 5.88 Å². The smallest absolute Gasteiger partial charge is 0.251 e. The van der Waals surface area contributed by atoms with Crippen molar-refractivity contribution in [1.29, 1.82) is 0 Å². The molecule has 1 aliphatic rings. The molecular weight excluding hydrogens is 460 g/mol. The largest absolute Gasteiger partial charge is 0.494 e. The predicted octanol–water partition coefficient (Wildman–Crippen LogP) is 6.17. The van der Waals surface area contributed by atoms with Crippen molar-refractivity contribution in [2.45, 2.75) is 39.2 Å². The first-order chi connectivity index (χ1) is 18.1. The molecule has 1 amide bonds. The van der Waals surface area contributed by atoms with Gasteiger partial charge in [-0.1, -0.05) is 55.8 Å². The van der Waals surface area contributed by atoms with Crippen LogP contribution >= 0.6 is 0 Å². The van der Waals surface area contributed by atoms with Crippen LogP contribution in [0.15, 0.2) is 77.8 Å². The van der Waals surface area contributed by atoms with Crippen molar-refractivity contribution in [2.24, 2.45) is 4.99 Å². The highest BCUT2D eigenvalue weighted by atomic mass is 16.3. The number of fused-ring (bicyclic) bond motifs is 1. The van der Waals surface area contributed by atoms with Crippen LogP contribution in [0.3, 0.4) is 0 Å². The molecule has 0 atom stereocenters. The van der Waals surface area contributed by atoms with Gasteiger partial charge in [-0.2, -0.15) is 0 Å². The van der Waals surface area contributed by atoms with Gasteiger partial charge in [0.1, 0.15) is 0 Å². The van der Waals surface area contributed by atoms with Gasteiger partial charge in [0.25, 0.3) is 5.91 Å². The van der Waals surface area contributed by atoms with Gasteiger partial charge < -0.3 is 15.4 Å². The fraction of sp³-hybridized carbons (Fsp3) is 0.290. The summed E-state index contributed by atoms with van der Waals surface area (Å²) in [5.74, 6) is -0.0828. The number of hydrogen-bond donors (Lipinski definition) is 3. The number of nitrogens with zero attached hydrogens (tertiary/aromatic N) is 2. The van der Waals surface area contributed by atoms with Gasteiger partial charge in [0.05, 0.1) is 17.0 Å². The Bertz CT molecular complexity index is 1380. The van der Waals surface area contributed by atoms with Crippen molar-refractivity contribution in [2.75, 3.05) is 19.6 Å². The van der Waals surface area contributed by atoms with Gasteiger partial charge in [-0.25, -0.2) is 4.99 Å². The summed E-state index contributed by atoms with van der Waals surface area (Å²) in [5, 5.41) is 14.7. The highest BCUT2D eigenvalue weighted by Crippen LogP contribution is 2.32. The standard InChI is InChI=1S/C31H34N4O2/c1-2-3-17-32-30(36)24-13-16-27-26(20-24)28(31(37)34-27)29(23-9-5-4-6-10-23)33-25-14-11-22(12-15-25)21-35-18-7-8-19-35/h4-6,9-16,20,34,37H,2-3,7-8,17-19,21H2,1H3,(H,32,36). The van der Waals surface area contributed by atoms with Gasteiger partial charge in [-0.05, 0) is 68.2 Å². The molecule has 3 aromatic carbocycles. The quantitative estimate of drug-likeness (QED) is 0.192. The number of unbranched alkanes of at least 4 members (excludes halogenated alkanes) is 1. The van der Waals surface area contributed by atoms with Crippen molar-refractivity contribution < 1.29 is 9.90 Å². The third-order valence-electron chi connectivity index (χ3n) is 6.92. The first-order valence-electron chi connectivity index (χ1n) is 13.2. The Morgan fingerprint density at radius 1 is 1.00 bits per heavy atom. The van der Waals surface area contributed by atoms with E-state index in [0.29, 0.717) is 23.4 Å². The second-order valence-corrected chi connectivity index (χ2v) is 9.69. The normalized spacial score (nSPS) is 14.4. The molecule has 1 aliphatic heterocycles. The lowest BCUT2D eigenvalue weighted by atomic mass is 9.99. The Hall–Kier alpha value is -3.90. The van der Waals surface area contributed by atoms with Crippen LogP contribution in [0.4, 0.5) is 5.69 Å². The van der Waals surface area contributed by atoms with Crippen molar-refractivity contribution >= 4 is 28.2 Å². The second-order valence-electron chi connectivity index (χ2n) is 9.69. The summed E-state index contributed by atoms with van der Waals surface area (Å²) in [6, 6.07) is 23.6. The molecule has 6 heteroatoms. The Morgan fingerprint density at radius 2 is 1.76 bits per heavy atom. The summed E-state index contributed by atoms with van der Waals surface area (Å²) >= 11 is 0. The molecule has 37 heavy (non-hydrogen) atoms. The minimum absolute atomic E-state index is 0.0341. The van der Waals surface area contributed by atoms with Crippen molar-refractivity contribution in [3.8, 4) is 5.88 Å². The maximum absolute atomic E-state index is 12.8. The van der Waals surface area contributed by atoms with Crippen molar-refractivity contribution in [3.63, 3.8) is 0 Å². The molecule has 2 heterocycles. The summed E-state index contributed by atoms with van der Waals surface area (Å²) in [4.78, 5) is 23.3. The number of hydrogen-bond acceptors (Lipinski definition) is 4.